The Hall–Kier alpha value is -0.380. The molecule has 0 aromatic rings. The van der Waals surface area contributed by atoms with Crippen LogP contribution in [0, 0.1) is 0 Å². The summed E-state index contributed by atoms with van der Waals surface area (Å²) in [6.45, 7) is 6.91. The van der Waals surface area contributed by atoms with Gasteiger partial charge in [-0.25, -0.2) is 0 Å². The molecule has 0 saturated carbocycles. The van der Waals surface area contributed by atoms with Gasteiger partial charge in [0.25, 0.3) is 0 Å². The van der Waals surface area contributed by atoms with Crippen molar-refractivity contribution in [1.29, 1.82) is 0 Å². The molecular weight excluding hydrogens is 128 g/mol. The zero-order chi connectivity index (χ0) is 7.40. The second-order valence-corrected chi connectivity index (χ2v) is 2.59. The van der Waals surface area contributed by atoms with Crippen molar-refractivity contribution in [3.63, 3.8) is 0 Å². The number of aliphatic hydroxyl groups is 1. The molecular formula is C7H14N2O. The van der Waals surface area contributed by atoms with Crippen LogP contribution in [0.5, 0.6) is 0 Å². The maximum Gasteiger partial charge on any atom is 0.0794 e. The number of nitrogens with zero attached hydrogens (tertiary/aromatic N) is 1. The number of nitrogens with one attached hydrogen (secondary N) is 1. The summed E-state index contributed by atoms with van der Waals surface area (Å²) in [6, 6.07) is 0. The van der Waals surface area contributed by atoms with E-state index in [1.165, 1.54) is 0 Å². The highest BCUT2D eigenvalue weighted by Crippen LogP contribution is 2.03. The van der Waals surface area contributed by atoms with Crippen molar-refractivity contribution in [2.75, 3.05) is 26.3 Å². The molecule has 0 amide bonds. The summed E-state index contributed by atoms with van der Waals surface area (Å²) in [5, 5.41) is 12.0. The summed E-state index contributed by atoms with van der Waals surface area (Å²) in [5.41, 5.74) is 0. The zero-order valence-corrected chi connectivity index (χ0v) is 6.08. The molecule has 2 N–H and O–H groups in total. The summed E-state index contributed by atoms with van der Waals surface area (Å²) in [6.07, 6.45) is 1.74. The fourth-order valence-electron chi connectivity index (χ4n) is 0.996. The zero-order valence-electron chi connectivity index (χ0n) is 6.08. The first kappa shape index (κ1) is 7.72. The van der Waals surface area contributed by atoms with E-state index in [4.69, 9.17) is 5.11 Å². The lowest BCUT2D eigenvalue weighted by atomic mass is 10.2. The van der Waals surface area contributed by atoms with E-state index in [0.717, 1.165) is 26.3 Å². The molecule has 10 heavy (non-hydrogen) atoms. The maximum absolute atomic E-state index is 8.89. The lowest BCUT2D eigenvalue weighted by molar-refractivity contribution is -0.00170. The van der Waals surface area contributed by atoms with E-state index in [0.29, 0.717) is 0 Å². The Morgan fingerprint density at radius 1 is 1.70 bits per heavy atom. The molecule has 0 radical (unpaired) electrons. The van der Waals surface area contributed by atoms with Gasteiger partial charge in [-0.15, -0.1) is 6.58 Å². The molecule has 58 valence electrons. The van der Waals surface area contributed by atoms with Gasteiger partial charge in [-0.1, -0.05) is 6.08 Å². The quantitative estimate of drug-likeness (QED) is 0.406. The predicted molar refractivity (Wildman–Crippen MR) is 40.6 cm³/mol. The fraction of sp³-hybridized carbons (Fsp3) is 0.714. The molecule has 0 bridgehead atoms. The normalized spacial score (nSPS) is 20.5. The van der Waals surface area contributed by atoms with Crippen LogP contribution in [-0.4, -0.2) is 42.4 Å². The molecule has 0 atom stereocenters. The second-order valence-electron chi connectivity index (χ2n) is 2.59. The van der Waals surface area contributed by atoms with Crippen molar-refractivity contribution in [2.24, 2.45) is 0 Å². The number of β-amino-alcohol motifs (C(OH)–C–C–N with tert-alkyl or cyclic N) is 1. The Labute approximate surface area is 61.3 Å². The molecule has 1 aliphatic heterocycles. The third-order valence-electron chi connectivity index (χ3n) is 1.56. The summed E-state index contributed by atoms with van der Waals surface area (Å²) >= 11 is 0. The number of likely N-dealkylation sites (tertiary alicyclic amines) is 1. The first-order chi connectivity index (χ1) is 4.83. The third-order valence-corrected chi connectivity index (χ3v) is 1.56. The highest BCUT2D eigenvalue weighted by Gasteiger charge is 2.22. The van der Waals surface area contributed by atoms with Gasteiger partial charge >= 0.3 is 0 Å². The van der Waals surface area contributed by atoms with Crippen molar-refractivity contribution >= 4 is 0 Å². The number of aliphatic hydroxyl groups excluding tert-OH is 1. The van der Waals surface area contributed by atoms with Crippen molar-refractivity contribution in [3.8, 4) is 0 Å². The van der Waals surface area contributed by atoms with Gasteiger partial charge < -0.3 is 10.4 Å². The van der Waals surface area contributed by atoms with Gasteiger partial charge in [0, 0.05) is 26.3 Å². The molecule has 0 spiro atoms. The number of rotatable bonds is 4. The van der Waals surface area contributed by atoms with Crippen LogP contribution in [0.25, 0.3) is 0 Å². The van der Waals surface area contributed by atoms with Gasteiger partial charge in [-0.3, -0.25) is 4.90 Å². The van der Waals surface area contributed by atoms with Gasteiger partial charge in [0.05, 0.1) is 6.10 Å². The van der Waals surface area contributed by atoms with Crippen LogP contribution in [0.4, 0.5) is 0 Å². The van der Waals surface area contributed by atoms with Gasteiger partial charge in [0.2, 0.25) is 0 Å². The second kappa shape index (κ2) is 3.71. The van der Waals surface area contributed by atoms with E-state index >= 15 is 0 Å². The van der Waals surface area contributed by atoms with Crippen LogP contribution >= 0.6 is 0 Å². The van der Waals surface area contributed by atoms with E-state index in [9.17, 15) is 0 Å². The van der Waals surface area contributed by atoms with E-state index in [-0.39, 0.29) is 6.10 Å². The average molecular weight is 142 g/mol. The van der Waals surface area contributed by atoms with Crippen LogP contribution < -0.4 is 5.32 Å². The molecule has 0 aromatic heterocycles. The molecule has 3 heteroatoms. The summed E-state index contributed by atoms with van der Waals surface area (Å²) < 4.78 is 0. The molecule has 0 unspecified atom stereocenters. The molecule has 0 aromatic carbocycles. The predicted octanol–water partition coefficient (Wildman–Crippen LogP) is -0.604. The van der Waals surface area contributed by atoms with Crippen molar-refractivity contribution in [3.05, 3.63) is 12.7 Å². The highest BCUT2D eigenvalue weighted by atomic mass is 16.3. The van der Waals surface area contributed by atoms with Crippen molar-refractivity contribution in [1.82, 2.24) is 10.2 Å². The smallest absolute Gasteiger partial charge is 0.0794 e. The monoisotopic (exact) mass is 142 g/mol. The van der Waals surface area contributed by atoms with Gasteiger partial charge in [-0.2, -0.15) is 0 Å². The molecule has 1 rings (SSSR count). The van der Waals surface area contributed by atoms with Crippen LogP contribution in [0.1, 0.15) is 0 Å². The lowest BCUT2D eigenvalue weighted by Gasteiger charge is -2.35. The Morgan fingerprint density at radius 2 is 2.40 bits per heavy atom. The van der Waals surface area contributed by atoms with E-state index in [2.05, 4.69) is 16.8 Å². The maximum atomic E-state index is 8.89. The minimum absolute atomic E-state index is 0.0921. The Balaban J connectivity index is 1.90. The fourth-order valence-corrected chi connectivity index (χ4v) is 0.996. The van der Waals surface area contributed by atoms with Crippen molar-refractivity contribution < 1.29 is 5.11 Å². The Morgan fingerprint density at radius 3 is 2.90 bits per heavy atom. The van der Waals surface area contributed by atoms with Crippen LogP contribution in [0.3, 0.4) is 0 Å². The molecule has 1 aliphatic rings. The van der Waals surface area contributed by atoms with E-state index in [1.807, 2.05) is 6.08 Å². The van der Waals surface area contributed by atoms with Crippen LogP contribution in [0.2, 0.25) is 0 Å². The van der Waals surface area contributed by atoms with Gasteiger partial charge in [-0.05, 0) is 0 Å². The average Bonchev–Trinajstić information content (AvgIpc) is 1.85. The Bertz CT molecular complexity index is 110. The summed E-state index contributed by atoms with van der Waals surface area (Å²) in [4.78, 5) is 2.15. The third kappa shape index (κ3) is 2.10. The standard InChI is InChI=1S/C7H14N2O/c1-2-3-8-6-9-4-7(10)5-9/h2,7-8,10H,1,3-6H2. The minimum atomic E-state index is -0.0921. The molecule has 0 aliphatic carbocycles. The first-order valence-electron chi connectivity index (χ1n) is 3.55. The van der Waals surface area contributed by atoms with E-state index in [1.54, 1.807) is 0 Å². The van der Waals surface area contributed by atoms with Crippen molar-refractivity contribution in [2.45, 2.75) is 6.10 Å². The SMILES string of the molecule is C=CCNCN1CC(O)C1. The lowest BCUT2D eigenvalue weighted by Crippen LogP contribution is -2.53. The van der Waals surface area contributed by atoms with Crippen LogP contribution in [0.15, 0.2) is 12.7 Å². The van der Waals surface area contributed by atoms with Gasteiger partial charge in [0.1, 0.15) is 0 Å². The van der Waals surface area contributed by atoms with Gasteiger partial charge in [0.15, 0.2) is 0 Å². The summed E-state index contributed by atoms with van der Waals surface area (Å²) in [7, 11) is 0. The number of hydrogen-bond acceptors (Lipinski definition) is 3. The summed E-state index contributed by atoms with van der Waals surface area (Å²) in [5.74, 6) is 0. The minimum Gasteiger partial charge on any atom is -0.390 e. The molecule has 1 fully saturated rings. The van der Waals surface area contributed by atoms with Crippen LogP contribution in [-0.2, 0) is 0 Å². The molecule has 3 nitrogen and oxygen atoms in total. The topological polar surface area (TPSA) is 35.5 Å². The molecule has 1 heterocycles. The molecule has 1 saturated heterocycles. The number of hydrogen-bond donors (Lipinski definition) is 2. The van der Waals surface area contributed by atoms with E-state index < -0.39 is 0 Å². The Kier molecular flexibility index (Phi) is 2.86. The largest absolute Gasteiger partial charge is 0.390 e. The first-order valence-corrected chi connectivity index (χ1v) is 3.55. The highest BCUT2D eigenvalue weighted by molar-refractivity contribution is 4.78.